The molecule has 0 bridgehead atoms. The molecule has 0 aromatic heterocycles. The van der Waals surface area contributed by atoms with Crippen molar-refractivity contribution >= 4 is 23.5 Å². The number of alkyl halides is 3. The predicted molar refractivity (Wildman–Crippen MR) is 104 cm³/mol. The molecule has 0 spiro atoms. The van der Waals surface area contributed by atoms with Gasteiger partial charge < -0.3 is 24.4 Å². The lowest BCUT2D eigenvalue weighted by Crippen LogP contribution is -2.34. The van der Waals surface area contributed by atoms with Crippen LogP contribution in [-0.4, -0.2) is 43.8 Å². The first-order chi connectivity index (χ1) is 13.8. The summed E-state index contributed by atoms with van der Waals surface area (Å²) in [5, 5.41) is 2.42. The highest BCUT2D eigenvalue weighted by molar-refractivity contribution is 7.99. The van der Waals surface area contributed by atoms with E-state index in [-0.39, 0.29) is 17.2 Å². The molecule has 1 aliphatic heterocycles. The summed E-state index contributed by atoms with van der Waals surface area (Å²) in [5.41, 5.74) is 1.16. The molecule has 1 unspecified atom stereocenters. The number of thioether (sulfide) groups is 1. The van der Waals surface area contributed by atoms with Crippen LogP contribution in [-0.2, 0) is 0 Å². The fourth-order valence-electron chi connectivity index (χ4n) is 2.90. The number of nitrogens with one attached hydrogen (secondary N) is 1. The summed E-state index contributed by atoms with van der Waals surface area (Å²) in [7, 11) is 3.12. The minimum absolute atomic E-state index is 0.284. The summed E-state index contributed by atoms with van der Waals surface area (Å²) in [6, 6.07) is 10.0. The molecule has 29 heavy (non-hydrogen) atoms. The summed E-state index contributed by atoms with van der Waals surface area (Å²) >= 11 is 1.58. The van der Waals surface area contributed by atoms with E-state index in [2.05, 4.69) is 10.1 Å². The average molecular weight is 428 g/mol. The van der Waals surface area contributed by atoms with E-state index in [9.17, 15) is 18.0 Å². The number of ether oxygens (including phenoxy) is 3. The molecule has 156 valence electrons. The van der Waals surface area contributed by atoms with Gasteiger partial charge in [0.1, 0.15) is 22.6 Å². The van der Waals surface area contributed by atoms with Gasteiger partial charge in [0.15, 0.2) is 0 Å². The smallest absolute Gasteiger partial charge is 0.497 e. The number of rotatable bonds is 5. The van der Waals surface area contributed by atoms with Gasteiger partial charge in [-0.05, 0) is 42.5 Å². The van der Waals surface area contributed by atoms with Crippen LogP contribution in [0, 0.1) is 0 Å². The second-order valence-electron chi connectivity index (χ2n) is 6.03. The summed E-state index contributed by atoms with van der Waals surface area (Å²) in [4.78, 5) is 14.4. The molecule has 6 nitrogen and oxygen atoms in total. The van der Waals surface area contributed by atoms with E-state index in [4.69, 9.17) is 9.47 Å². The van der Waals surface area contributed by atoms with Gasteiger partial charge in [0.2, 0.25) is 0 Å². The van der Waals surface area contributed by atoms with Crippen LogP contribution in [0.5, 0.6) is 17.2 Å². The molecule has 0 aliphatic carbocycles. The normalized spacial score (nSPS) is 16.4. The molecule has 1 aliphatic rings. The largest absolute Gasteiger partial charge is 0.573 e. The van der Waals surface area contributed by atoms with Crippen molar-refractivity contribution in [3.63, 3.8) is 0 Å². The second kappa shape index (κ2) is 8.73. The van der Waals surface area contributed by atoms with E-state index in [1.54, 1.807) is 43.0 Å². The maximum Gasteiger partial charge on any atom is 0.573 e. The monoisotopic (exact) mass is 428 g/mol. The Labute approximate surface area is 169 Å². The first-order valence-electron chi connectivity index (χ1n) is 8.57. The molecule has 1 atom stereocenters. The van der Waals surface area contributed by atoms with E-state index in [0.717, 1.165) is 23.4 Å². The highest BCUT2D eigenvalue weighted by Crippen LogP contribution is 2.43. The van der Waals surface area contributed by atoms with E-state index in [0.29, 0.717) is 23.7 Å². The van der Waals surface area contributed by atoms with Crippen LogP contribution in [0.15, 0.2) is 42.5 Å². The number of benzene rings is 2. The maximum atomic E-state index is 12.8. The van der Waals surface area contributed by atoms with E-state index >= 15 is 0 Å². The molecule has 2 amide bonds. The van der Waals surface area contributed by atoms with Crippen molar-refractivity contribution in [3.05, 3.63) is 48.0 Å². The molecule has 0 saturated carbocycles. The molecule has 1 heterocycles. The van der Waals surface area contributed by atoms with Gasteiger partial charge in [0.05, 0.1) is 14.2 Å². The van der Waals surface area contributed by atoms with Crippen LogP contribution in [0.25, 0.3) is 0 Å². The average Bonchev–Trinajstić information content (AvgIpc) is 3.17. The van der Waals surface area contributed by atoms with Crippen molar-refractivity contribution in [1.29, 1.82) is 0 Å². The van der Waals surface area contributed by atoms with Crippen molar-refractivity contribution in [2.24, 2.45) is 0 Å². The maximum absolute atomic E-state index is 12.8. The number of halogens is 3. The Hall–Kier alpha value is -2.75. The van der Waals surface area contributed by atoms with Crippen LogP contribution in [0.1, 0.15) is 10.9 Å². The molecule has 0 radical (unpaired) electrons. The van der Waals surface area contributed by atoms with Gasteiger partial charge in [-0.25, -0.2) is 4.79 Å². The molecule has 1 saturated heterocycles. The number of methoxy groups -OCH3 is 2. The number of nitrogens with zero attached hydrogens (tertiary/aromatic N) is 1. The third-order valence-electron chi connectivity index (χ3n) is 4.19. The van der Waals surface area contributed by atoms with Crippen molar-refractivity contribution in [2.45, 2.75) is 11.7 Å². The number of urea groups is 1. The molecular formula is C19H19F3N2O4S. The third-order valence-corrected chi connectivity index (χ3v) is 5.44. The van der Waals surface area contributed by atoms with E-state index < -0.39 is 6.36 Å². The predicted octanol–water partition coefficient (Wildman–Crippen LogP) is 4.88. The summed E-state index contributed by atoms with van der Waals surface area (Å²) in [6.45, 7) is 0.511. The molecule has 1 fully saturated rings. The summed E-state index contributed by atoms with van der Waals surface area (Å²) < 4.78 is 51.3. The SMILES string of the molecule is COc1ccc(OC)c(C2SCCN2C(=O)Nc2ccc(OC(F)(F)F)cc2)c1. The zero-order valence-corrected chi connectivity index (χ0v) is 16.5. The van der Waals surface area contributed by atoms with Crippen LogP contribution >= 0.6 is 11.8 Å². The first-order valence-corrected chi connectivity index (χ1v) is 9.62. The van der Waals surface area contributed by atoms with E-state index in [1.807, 2.05) is 6.07 Å². The highest BCUT2D eigenvalue weighted by Gasteiger charge is 2.33. The second-order valence-corrected chi connectivity index (χ2v) is 7.21. The molecule has 10 heteroatoms. The lowest BCUT2D eigenvalue weighted by Gasteiger charge is -2.26. The van der Waals surface area contributed by atoms with Gasteiger partial charge in [0, 0.05) is 23.5 Å². The van der Waals surface area contributed by atoms with Crippen LogP contribution in [0.4, 0.5) is 23.7 Å². The number of anilines is 1. The Morgan fingerprint density at radius 3 is 2.41 bits per heavy atom. The number of carbonyl (C=O) groups is 1. The first kappa shape index (κ1) is 21.0. The third kappa shape index (κ3) is 5.20. The zero-order valence-electron chi connectivity index (χ0n) is 15.7. The lowest BCUT2D eigenvalue weighted by atomic mass is 10.1. The number of hydrogen-bond acceptors (Lipinski definition) is 5. The van der Waals surface area contributed by atoms with Crippen molar-refractivity contribution in [1.82, 2.24) is 4.90 Å². The topological polar surface area (TPSA) is 60.0 Å². The molecule has 2 aromatic rings. The Morgan fingerprint density at radius 2 is 1.79 bits per heavy atom. The van der Waals surface area contributed by atoms with Crippen molar-refractivity contribution in [2.75, 3.05) is 31.8 Å². The standard InChI is InChI=1S/C19H19F3N2O4S/c1-26-14-7-8-16(27-2)15(11-14)17-24(9-10-29-17)18(25)23-12-3-5-13(6-4-12)28-19(20,21)22/h3-8,11,17H,9-10H2,1-2H3,(H,23,25). The summed E-state index contributed by atoms with van der Waals surface area (Å²) in [5.74, 6) is 1.66. The fraction of sp³-hybridized carbons (Fsp3) is 0.316. The molecule has 2 aromatic carbocycles. The van der Waals surface area contributed by atoms with Crippen molar-refractivity contribution < 1.29 is 32.2 Å². The number of hydrogen-bond donors (Lipinski definition) is 1. The van der Waals surface area contributed by atoms with Gasteiger partial charge in [-0.3, -0.25) is 0 Å². The Morgan fingerprint density at radius 1 is 1.10 bits per heavy atom. The van der Waals surface area contributed by atoms with Gasteiger partial charge in [-0.15, -0.1) is 24.9 Å². The van der Waals surface area contributed by atoms with Gasteiger partial charge >= 0.3 is 12.4 Å². The minimum Gasteiger partial charge on any atom is -0.497 e. The zero-order chi connectivity index (χ0) is 21.0. The Balaban J connectivity index is 1.74. The van der Waals surface area contributed by atoms with Gasteiger partial charge in [-0.1, -0.05) is 0 Å². The summed E-state index contributed by atoms with van der Waals surface area (Å²) in [6.07, 6.45) is -4.76. The Kier molecular flexibility index (Phi) is 6.31. The quantitative estimate of drug-likeness (QED) is 0.736. The number of carbonyl (C=O) groups excluding carboxylic acids is 1. The lowest BCUT2D eigenvalue weighted by molar-refractivity contribution is -0.274. The number of amides is 2. The van der Waals surface area contributed by atoms with Gasteiger partial charge in [-0.2, -0.15) is 0 Å². The van der Waals surface area contributed by atoms with Crippen LogP contribution in [0.3, 0.4) is 0 Å². The molecule has 1 N–H and O–H groups in total. The molecule has 3 rings (SSSR count). The molecular weight excluding hydrogens is 409 g/mol. The van der Waals surface area contributed by atoms with E-state index in [1.165, 1.54) is 12.1 Å². The van der Waals surface area contributed by atoms with Gasteiger partial charge in [0.25, 0.3) is 0 Å². The van der Waals surface area contributed by atoms with Crippen molar-refractivity contribution in [3.8, 4) is 17.2 Å². The highest BCUT2D eigenvalue weighted by atomic mass is 32.2. The van der Waals surface area contributed by atoms with Crippen LogP contribution < -0.4 is 19.5 Å². The minimum atomic E-state index is -4.76. The van der Waals surface area contributed by atoms with Crippen LogP contribution in [0.2, 0.25) is 0 Å². The Bertz CT molecular complexity index is 862. The fourth-order valence-corrected chi connectivity index (χ4v) is 4.17.